The van der Waals surface area contributed by atoms with Crippen molar-refractivity contribution in [3.8, 4) is 11.5 Å². The fourth-order valence-corrected chi connectivity index (χ4v) is 4.71. The first-order valence-corrected chi connectivity index (χ1v) is 11.0. The summed E-state index contributed by atoms with van der Waals surface area (Å²) in [5, 5.41) is 9.50. The van der Waals surface area contributed by atoms with Crippen LogP contribution < -0.4 is 9.47 Å². The van der Waals surface area contributed by atoms with Crippen LogP contribution in [0.5, 0.6) is 11.5 Å². The van der Waals surface area contributed by atoms with E-state index < -0.39 is 24.0 Å². The number of likely N-dealkylation sites (tertiary alicyclic amines) is 1. The summed E-state index contributed by atoms with van der Waals surface area (Å²) in [6, 6.07) is -0.264. The van der Waals surface area contributed by atoms with Crippen LogP contribution in [0.1, 0.15) is 61.5 Å². The average Bonchev–Trinajstić information content (AvgIpc) is 3.24. The number of hydrogen-bond acceptors (Lipinski definition) is 5. The highest BCUT2D eigenvalue weighted by Crippen LogP contribution is 2.40. The Morgan fingerprint density at radius 3 is 2.47 bits per heavy atom. The van der Waals surface area contributed by atoms with Crippen LogP contribution in [0.2, 0.25) is 0 Å². The van der Waals surface area contributed by atoms with Crippen molar-refractivity contribution in [1.82, 2.24) is 9.88 Å². The molecule has 0 spiro atoms. The van der Waals surface area contributed by atoms with E-state index >= 15 is 0 Å². The van der Waals surface area contributed by atoms with Gasteiger partial charge in [0.2, 0.25) is 5.91 Å². The summed E-state index contributed by atoms with van der Waals surface area (Å²) in [6.45, 7) is 2.46. The highest BCUT2D eigenvalue weighted by molar-refractivity contribution is 5.89. The number of carboxylic acid groups (broad SMARTS) is 1. The molecule has 1 unspecified atom stereocenters. The Labute approximate surface area is 184 Å². The molecular formula is C22H29F3N2O5. The molecule has 10 heteroatoms. The fraction of sp³-hybridized carbons (Fsp3) is 0.682. The molecule has 0 aromatic carbocycles. The summed E-state index contributed by atoms with van der Waals surface area (Å²) in [5.41, 5.74) is 0.366. The van der Waals surface area contributed by atoms with Crippen LogP contribution in [0.4, 0.5) is 13.2 Å². The number of carbonyl (C=O) groups is 2. The molecule has 1 amide bonds. The van der Waals surface area contributed by atoms with Gasteiger partial charge in [-0.3, -0.25) is 4.79 Å². The van der Waals surface area contributed by atoms with E-state index in [4.69, 9.17) is 9.47 Å². The number of ether oxygens (including phenoxy) is 2. The van der Waals surface area contributed by atoms with E-state index in [1.807, 2.05) is 6.92 Å². The first-order valence-electron chi connectivity index (χ1n) is 11.0. The van der Waals surface area contributed by atoms with Gasteiger partial charge in [-0.2, -0.15) is 13.2 Å². The predicted molar refractivity (Wildman–Crippen MR) is 109 cm³/mol. The molecule has 3 rings (SSSR count). The first-order chi connectivity index (χ1) is 15.2. The smallest absolute Gasteiger partial charge is 0.391 e. The Balaban J connectivity index is 1.69. The molecule has 7 nitrogen and oxygen atoms in total. The van der Waals surface area contributed by atoms with Crippen LogP contribution in [-0.4, -0.2) is 59.3 Å². The van der Waals surface area contributed by atoms with Crippen LogP contribution in [0.15, 0.2) is 6.20 Å². The van der Waals surface area contributed by atoms with Gasteiger partial charge in [0.25, 0.3) is 0 Å². The van der Waals surface area contributed by atoms with Gasteiger partial charge in [0.15, 0.2) is 11.4 Å². The maximum absolute atomic E-state index is 13.0. The van der Waals surface area contributed by atoms with Gasteiger partial charge in [-0.1, -0.05) is 6.92 Å². The van der Waals surface area contributed by atoms with E-state index in [0.717, 1.165) is 6.42 Å². The monoisotopic (exact) mass is 458 g/mol. The predicted octanol–water partition coefficient (Wildman–Crippen LogP) is 4.09. The molecule has 2 heterocycles. The van der Waals surface area contributed by atoms with E-state index in [2.05, 4.69) is 4.98 Å². The van der Waals surface area contributed by atoms with Crippen molar-refractivity contribution in [2.45, 2.75) is 64.1 Å². The lowest BCUT2D eigenvalue weighted by atomic mass is 9.81. The number of aromatic carboxylic acids is 1. The Kier molecular flexibility index (Phi) is 7.51. The normalized spacial score (nSPS) is 23.8. The minimum absolute atomic E-state index is 0.0216. The van der Waals surface area contributed by atoms with Gasteiger partial charge >= 0.3 is 12.1 Å². The van der Waals surface area contributed by atoms with Gasteiger partial charge in [-0.15, -0.1) is 0 Å². The molecule has 1 saturated carbocycles. The number of alkyl halides is 3. The number of pyridine rings is 1. The van der Waals surface area contributed by atoms with Gasteiger partial charge in [0, 0.05) is 18.0 Å². The number of hydrogen-bond donors (Lipinski definition) is 1. The van der Waals surface area contributed by atoms with Crippen LogP contribution in [-0.2, 0) is 11.2 Å². The van der Waals surface area contributed by atoms with E-state index in [-0.39, 0.29) is 55.7 Å². The Hall–Kier alpha value is -2.52. The molecule has 0 bridgehead atoms. The molecule has 32 heavy (non-hydrogen) atoms. The third kappa shape index (κ3) is 5.10. The summed E-state index contributed by atoms with van der Waals surface area (Å²) in [6.07, 6.45) is -0.521. The van der Waals surface area contributed by atoms with Crippen LogP contribution in [0, 0.1) is 11.8 Å². The van der Waals surface area contributed by atoms with Crippen molar-refractivity contribution < 1.29 is 37.3 Å². The highest BCUT2D eigenvalue weighted by Gasteiger charge is 2.44. The number of amides is 1. The SMILES string of the molecule is CCc1c(OC)cnc(C(=O)O)c1OCC1CCCN1C(=O)C1CCC(C(F)(F)F)CC1. The second kappa shape index (κ2) is 9.95. The Morgan fingerprint density at radius 1 is 1.22 bits per heavy atom. The molecule has 1 saturated heterocycles. The topological polar surface area (TPSA) is 89.0 Å². The molecular weight excluding hydrogens is 429 g/mol. The quantitative estimate of drug-likeness (QED) is 0.662. The van der Waals surface area contributed by atoms with Crippen molar-refractivity contribution in [1.29, 1.82) is 0 Å². The van der Waals surface area contributed by atoms with E-state index in [0.29, 0.717) is 30.7 Å². The molecule has 1 aromatic rings. The van der Waals surface area contributed by atoms with Crippen LogP contribution in [0.3, 0.4) is 0 Å². The maximum Gasteiger partial charge on any atom is 0.391 e. The van der Waals surface area contributed by atoms with E-state index in [1.54, 1.807) is 4.90 Å². The summed E-state index contributed by atoms with van der Waals surface area (Å²) in [4.78, 5) is 30.3. The summed E-state index contributed by atoms with van der Waals surface area (Å²) < 4.78 is 50.0. The Morgan fingerprint density at radius 2 is 1.91 bits per heavy atom. The maximum atomic E-state index is 13.0. The molecule has 2 aliphatic rings. The van der Waals surface area contributed by atoms with E-state index in [1.165, 1.54) is 13.3 Å². The zero-order valence-electron chi connectivity index (χ0n) is 18.3. The van der Waals surface area contributed by atoms with Crippen LogP contribution in [0.25, 0.3) is 0 Å². The van der Waals surface area contributed by atoms with Gasteiger partial charge in [-0.05, 0) is 44.9 Å². The number of nitrogens with zero attached hydrogens (tertiary/aromatic N) is 2. The third-order valence-corrected chi connectivity index (χ3v) is 6.49. The third-order valence-electron chi connectivity index (χ3n) is 6.49. The van der Waals surface area contributed by atoms with Crippen LogP contribution >= 0.6 is 0 Å². The molecule has 1 atom stereocenters. The lowest BCUT2D eigenvalue weighted by Crippen LogP contribution is -2.44. The molecule has 2 fully saturated rings. The summed E-state index contributed by atoms with van der Waals surface area (Å²) >= 11 is 0. The number of carbonyl (C=O) groups excluding carboxylic acids is 1. The highest BCUT2D eigenvalue weighted by atomic mass is 19.4. The molecule has 1 aromatic heterocycles. The fourth-order valence-electron chi connectivity index (χ4n) is 4.71. The molecule has 1 N–H and O–H groups in total. The molecule has 178 valence electrons. The number of halogens is 3. The van der Waals surface area contributed by atoms with Crippen molar-refractivity contribution >= 4 is 11.9 Å². The zero-order valence-corrected chi connectivity index (χ0v) is 18.3. The second-order valence-corrected chi connectivity index (χ2v) is 8.37. The number of methoxy groups -OCH3 is 1. The second-order valence-electron chi connectivity index (χ2n) is 8.37. The standard InChI is InChI=1S/C22H29F3N2O5/c1-3-16-17(31-2)11-26-18(21(29)30)19(16)32-12-15-5-4-10-27(15)20(28)13-6-8-14(9-7-13)22(23,24)25/h11,13-15H,3-10,12H2,1-2H3,(H,29,30). The van der Waals surface area contributed by atoms with Gasteiger partial charge < -0.3 is 19.5 Å². The molecule has 0 radical (unpaired) electrons. The van der Waals surface area contributed by atoms with Crippen molar-refractivity contribution in [3.63, 3.8) is 0 Å². The van der Waals surface area contributed by atoms with Crippen molar-refractivity contribution in [2.75, 3.05) is 20.3 Å². The molecule has 1 aliphatic heterocycles. The first kappa shape index (κ1) is 24.1. The van der Waals surface area contributed by atoms with Gasteiger partial charge in [0.05, 0.1) is 25.3 Å². The zero-order chi connectivity index (χ0) is 23.5. The number of rotatable bonds is 7. The Bertz CT molecular complexity index is 838. The lowest BCUT2D eigenvalue weighted by molar-refractivity contribution is -0.185. The number of carboxylic acids is 1. The van der Waals surface area contributed by atoms with Crippen molar-refractivity contribution in [3.05, 3.63) is 17.5 Å². The minimum Gasteiger partial charge on any atom is -0.495 e. The lowest BCUT2D eigenvalue weighted by Gasteiger charge is -2.33. The largest absolute Gasteiger partial charge is 0.495 e. The summed E-state index contributed by atoms with van der Waals surface area (Å²) in [5.74, 6) is -2.54. The van der Waals surface area contributed by atoms with E-state index in [9.17, 15) is 27.9 Å². The number of aromatic nitrogens is 1. The molecule has 1 aliphatic carbocycles. The minimum atomic E-state index is -4.21. The van der Waals surface area contributed by atoms with Gasteiger partial charge in [0.1, 0.15) is 12.4 Å². The van der Waals surface area contributed by atoms with Crippen molar-refractivity contribution in [2.24, 2.45) is 11.8 Å². The van der Waals surface area contributed by atoms with Gasteiger partial charge in [-0.25, -0.2) is 9.78 Å². The average molecular weight is 458 g/mol. The summed E-state index contributed by atoms with van der Waals surface area (Å²) in [7, 11) is 1.46.